The maximum atomic E-state index is 6.38. The summed E-state index contributed by atoms with van der Waals surface area (Å²) in [7, 11) is 0. The highest BCUT2D eigenvalue weighted by atomic mass is 16.3. The van der Waals surface area contributed by atoms with E-state index >= 15 is 0 Å². The smallest absolute Gasteiger partial charge is 0.164 e. The molecule has 70 heavy (non-hydrogen) atoms. The lowest BCUT2D eigenvalue weighted by Crippen LogP contribution is -2.02. The minimum Gasteiger partial charge on any atom is -0.456 e. The van der Waals surface area contributed by atoms with Crippen molar-refractivity contribution in [3.63, 3.8) is 0 Å². The second kappa shape index (κ2) is 16.1. The molecule has 326 valence electrons. The van der Waals surface area contributed by atoms with Gasteiger partial charge < -0.3 is 8.98 Å². The van der Waals surface area contributed by atoms with Crippen molar-refractivity contribution < 1.29 is 4.42 Å². The van der Waals surface area contributed by atoms with Crippen LogP contribution in [-0.4, -0.2) is 19.5 Å². The Morgan fingerprint density at radius 3 is 1.50 bits per heavy atom. The summed E-state index contributed by atoms with van der Waals surface area (Å²) in [5.41, 5.74) is 14.3. The number of furan rings is 1. The lowest BCUT2D eigenvalue weighted by molar-refractivity contribution is 0.669. The topological polar surface area (TPSA) is 56.7 Å². The van der Waals surface area contributed by atoms with Gasteiger partial charge in [0, 0.05) is 49.3 Å². The molecule has 0 saturated carbocycles. The van der Waals surface area contributed by atoms with E-state index in [9.17, 15) is 0 Å². The summed E-state index contributed by atoms with van der Waals surface area (Å²) in [5, 5.41) is 9.32. The molecule has 0 N–H and O–H groups in total. The van der Waals surface area contributed by atoms with Crippen LogP contribution in [0.4, 0.5) is 0 Å². The number of hydrogen-bond acceptors (Lipinski definition) is 4. The monoisotopic (exact) mass is 892 g/mol. The molecule has 0 aliphatic rings. The molecular formula is C65H40N4O. The van der Waals surface area contributed by atoms with E-state index in [1.807, 2.05) is 24.3 Å². The predicted octanol–water partition coefficient (Wildman–Crippen LogP) is 17.2. The molecule has 0 radical (unpaired) electrons. The lowest BCUT2D eigenvalue weighted by Gasteiger charge is -2.16. The molecule has 3 heterocycles. The van der Waals surface area contributed by atoms with E-state index in [0.717, 1.165) is 83.2 Å². The van der Waals surface area contributed by atoms with Crippen molar-refractivity contribution in [2.45, 2.75) is 0 Å². The van der Waals surface area contributed by atoms with Gasteiger partial charge in [0.15, 0.2) is 17.5 Å². The number of hydrogen-bond donors (Lipinski definition) is 0. The summed E-state index contributed by atoms with van der Waals surface area (Å²) in [6.07, 6.45) is 0. The maximum Gasteiger partial charge on any atom is 0.164 e. The van der Waals surface area contributed by atoms with E-state index < -0.39 is 0 Å². The van der Waals surface area contributed by atoms with Gasteiger partial charge in [-0.3, -0.25) is 0 Å². The molecule has 0 aliphatic heterocycles. The van der Waals surface area contributed by atoms with Crippen molar-refractivity contribution in [3.8, 4) is 73.2 Å². The van der Waals surface area contributed by atoms with Crippen LogP contribution in [0.2, 0.25) is 0 Å². The predicted molar refractivity (Wildman–Crippen MR) is 289 cm³/mol. The molecule has 3 aromatic heterocycles. The van der Waals surface area contributed by atoms with Gasteiger partial charge in [0.2, 0.25) is 0 Å². The first-order valence-corrected chi connectivity index (χ1v) is 23.7. The fourth-order valence-electron chi connectivity index (χ4n) is 10.4. The Bertz CT molecular complexity index is 4220. The first-order valence-electron chi connectivity index (χ1n) is 23.7. The van der Waals surface area contributed by atoms with Crippen molar-refractivity contribution >= 4 is 65.3 Å². The zero-order chi connectivity index (χ0) is 46.1. The Kier molecular flexibility index (Phi) is 9.14. The van der Waals surface area contributed by atoms with Gasteiger partial charge in [0.05, 0.1) is 11.0 Å². The molecule has 0 unspecified atom stereocenters. The average molecular weight is 893 g/mol. The molecule has 0 saturated heterocycles. The average Bonchev–Trinajstić information content (AvgIpc) is 3.98. The second-order valence-electron chi connectivity index (χ2n) is 18.0. The Morgan fingerprint density at radius 1 is 0.286 bits per heavy atom. The molecule has 5 nitrogen and oxygen atoms in total. The van der Waals surface area contributed by atoms with E-state index in [-0.39, 0.29) is 0 Å². The minimum absolute atomic E-state index is 0.580. The summed E-state index contributed by atoms with van der Waals surface area (Å²) >= 11 is 0. The summed E-state index contributed by atoms with van der Waals surface area (Å²) in [6.45, 7) is 0. The first kappa shape index (κ1) is 39.7. The molecule has 0 bridgehead atoms. The molecular weight excluding hydrogens is 853 g/mol. The van der Waals surface area contributed by atoms with Gasteiger partial charge in [-0.15, -0.1) is 0 Å². The van der Waals surface area contributed by atoms with Gasteiger partial charge in [-0.05, 0) is 98.1 Å². The fourth-order valence-corrected chi connectivity index (χ4v) is 10.4. The van der Waals surface area contributed by atoms with Crippen LogP contribution >= 0.6 is 0 Å². The molecule has 5 heteroatoms. The number of nitrogens with zero attached hydrogens (tertiary/aromatic N) is 4. The lowest BCUT2D eigenvalue weighted by atomic mass is 9.96. The van der Waals surface area contributed by atoms with Gasteiger partial charge in [0.1, 0.15) is 11.2 Å². The standard InChI is InChI=1S/C65H40N4O/c1-3-13-41(14-4-1)43-23-27-46(28-24-43)63-66-64(47-29-25-44(26-30-47)42-15-5-2-6-16-42)68-65(67-63)55-35-33-51(40-56(55)50-32-36-61-58(38-50)53-21-11-12-22-60(53)70-61)69-59-39-49-19-8-7-18-48(49)37-57(59)54-34-31-45-17-9-10-20-52(45)62(54)69/h1-40H. The number of para-hydroxylation sites is 1. The number of fused-ring (bicyclic) bond motifs is 9. The molecule has 0 atom stereocenters. The summed E-state index contributed by atoms with van der Waals surface area (Å²) < 4.78 is 8.83. The molecule has 0 aliphatic carbocycles. The fraction of sp³-hybridized carbons (Fsp3) is 0. The van der Waals surface area contributed by atoms with Crippen LogP contribution in [0.1, 0.15) is 0 Å². The van der Waals surface area contributed by atoms with Crippen molar-refractivity contribution in [3.05, 3.63) is 243 Å². The van der Waals surface area contributed by atoms with E-state index in [2.05, 4.69) is 223 Å². The molecule has 0 spiro atoms. The SMILES string of the molecule is c1ccc(-c2ccc(-c3nc(-c4ccc(-c5ccccc5)cc4)nc(-c4ccc(-n5c6cc7ccccc7cc6c6ccc7ccccc7c65)cc4-c4ccc5oc6ccccc6c5c4)n3)cc2)cc1. The summed E-state index contributed by atoms with van der Waals surface area (Å²) in [4.78, 5) is 16.0. The van der Waals surface area contributed by atoms with Crippen LogP contribution < -0.4 is 0 Å². The highest BCUT2D eigenvalue weighted by Gasteiger charge is 2.21. The zero-order valence-electron chi connectivity index (χ0n) is 37.8. The molecule has 0 amide bonds. The molecule has 0 fully saturated rings. The number of aromatic nitrogens is 4. The molecule has 14 rings (SSSR count). The van der Waals surface area contributed by atoms with Gasteiger partial charge in [-0.2, -0.15) is 0 Å². The van der Waals surface area contributed by atoms with Crippen molar-refractivity contribution in [1.82, 2.24) is 19.5 Å². The van der Waals surface area contributed by atoms with E-state index in [0.29, 0.717) is 17.5 Å². The van der Waals surface area contributed by atoms with E-state index in [1.165, 1.54) is 37.8 Å². The third-order valence-electron chi connectivity index (χ3n) is 13.8. The maximum absolute atomic E-state index is 6.38. The van der Waals surface area contributed by atoms with Gasteiger partial charge in [-0.1, -0.05) is 194 Å². The molecule has 14 aromatic rings. The first-order chi connectivity index (χ1) is 34.7. The van der Waals surface area contributed by atoms with Crippen LogP contribution in [0.15, 0.2) is 247 Å². The highest BCUT2D eigenvalue weighted by Crippen LogP contribution is 2.42. The van der Waals surface area contributed by atoms with Gasteiger partial charge in [-0.25, -0.2) is 15.0 Å². The normalized spacial score (nSPS) is 11.7. The van der Waals surface area contributed by atoms with Crippen LogP contribution in [0.25, 0.3) is 139 Å². The van der Waals surface area contributed by atoms with Crippen molar-refractivity contribution in [2.24, 2.45) is 0 Å². The van der Waals surface area contributed by atoms with E-state index in [4.69, 9.17) is 19.4 Å². The Hall–Kier alpha value is -9.45. The Labute approximate surface area is 403 Å². The van der Waals surface area contributed by atoms with Crippen molar-refractivity contribution in [2.75, 3.05) is 0 Å². The van der Waals surface area contributed by atoms with Gasteiger partial charge >= 0.3 is 0 Å². The third-order valence-corrected chi connectivity index (χ3v) is 13.8. The second-order valence-corrected chi connectivity index (χ2v) is 18.0. The van der Waals surface area contributed by atoms with Crippen LogP contribution in [0, 0.1) is 0 Å². The van der Waals surface area contributed by atoms with E-state index in [1.54, 1.807) is 0 Å². The number of rotatable bonds is 7. The van der Waals surface area contributed by atoms with Crippen LogP contribution in [0.3, 0.4) is 0 Å². The summed E-state index contributed by atoms with van der Waals surface area (Å²) in [6, 6.07) is 86.0. The van der Waals surface area contributed by atoms with Crippen LogP contribution in [-0.2, 0) is 0 Å². The third kappa shape index (κ3) is 6.67. The Balaban J connectivity index is 1.02. The quantitative estimate of drug-likeness (QED) is 0.160. The van der Waals surface area contributed by atoms with Crippen LogP contribution in [0.5, 0.6) is 0 Å². The zero-order valence-corrected chi connectivity index (χ0v) is 37.8. The number of benzene rings is 11. The van der Waals surface area contributed by atoms with Crippen molar-refractivity contribution in [1.29, 1.82) is 0 Å². The highest BCUT2D eigenvalue weighted by molar-refractivity contribution is 6.21. The largest absolute Gasteiger partial charge is 0.456 e. The summed E-state index contributed by atoms with van der Waals surface area (Å²) in [5.74, 6) is 1.77. The minimum atomic E-state index is 0.580. The Morgan fingerprint density at radius 2 is 0.814 bits per heavy atom. The molecule has 11 aromatic carbocycles. The van der Waals surface area contributed by atoms with Gasteiger partial charge in [0.25, 0.3) is 0 Å².